The molecule has 0 unspecified atom stereocenters. The Kier molecular flexibility index (Phi) is 5.95. The Morgan fingerprint density at radius 3 is 2.33 bits per heavy atom. The number of nitrogens with one attached hydrogen (secondary N) is 2. The van der Waals surface area contributed by atoms with E-state index in [9.17, 15) is 14.4 Å². The normalized spacial score (nSPS) is 21.6. The molecule has 1 aromatic rings. The fourth-order valence-electron chi connectivity index (χ4n) is 3.11. The fourth-order valence-corrected chi connectivity index (χ4v) is 3.11. The topological polar surface area (TPSA) is 95.5 Å². The van der Waals surface area contributed by atoms with Gasteiger partial charge in [0.2, 0.25) is 11.8 Å². The van der Waals surface area contributed by atoms with E-state index in [2.05, 4.69) is 10.6 Å². The molecule has 1 fully saturated rings. The molecule has 0 bridgehead atoms. The summed E-state index contributed by atoms with van der Waals surface area (Å²) in [5.41, 5.74) is 1.61. The molecule has 0 aliphatic heterocycles. The maximum absolute atomic E-state index is 12.4. The quantitative estimate of drug-likeness (QED) is 0.772. The van der Waals surface area contributed by atoms with Gasteiger partial charge in [0.1, 0.15) is 0 Å². The van der Waals surface area contributed by atoms with Gasteiger partial charge in [-0.15, -0.1) is 0 Å². The second kappa shape index (κ2) is 7.95. The summed E-state index contributed by atoms with van der Waals surface area (Å²) in [5, 5.41) is 14.7. The third-order valence-electron chi connectivity index (χ3n) is 4.51. The number of anilines is 1. The van der Waals surface area contributed by atoms with E-state index in [0.29, 0.717) is 31.4 Å². The van der Waals surface area contributed by atoms with Crippen LogP contribution in [0.1, 0.15) is 51.1 Å². The van der Waals surface area contributed by atoms with E-state index < -0.39 is 5.97 Å². The van der Waals surface area contributed by atoms with Gasteiger partial charge < -0.3 is 15.7 Å². The molecule has 6 heteroatoms. The van der Waals surface area contributed by atoms with Gasteiger partial charge in [0.15, 0.2) is 0 Å². The zero-order valence-electron chi connectivity index (χ0n) is 14.0. The summed E-state index contributed by atoms with van der Waals surface area (Å²) in [7, 11) is 0. The summed E-state index contributed by atoms with van der Waals surface area (Å²) in [5.74, 6) is -1.38. The summed E-state index contributed by atoms with van der Waals surface area (Å²) in [4.78, 5) is 34.5. The molecule has 130 valence electrons. The van der Waals surface area contributed by atoms with Crippen LogP contribution in [0.2, 0.25) is 0 Å². The van der Waals surface area contributed by atoms with E-state index in [-0.39, 0.29) is 29.7 Å². The van der Waals surface area contributed by atoms with Crippen molar-refractivity contribution in [1.82, 2.24) is 5.32 Å². The first-order valence-corrected chi connectivity index (χ1v) is 8.27. The Bertz CT molecular complexity index is 621. The Morgan fingerprint density at radius 1 is 1.12 bits per heavy atom. The average molecular weight is 332 g/mol. The number of carbonyl (C=O) groups excluding carboxylic acids is 2. The van der Waals surface area contributed by atoms with Crippen LogP contribution in [0.3, 0.4) is 0 Å². The van der Waals surface area contributed by atoms with Crippen molar-refractivity contribution in [2.45, 2.75) is 45.6 Å². The van der Waals surface area contributed by atoms with Crippen LogP contribution in [0.5, 0.6) is 0 Å². The molecule has 0 spiro atoms. The maximum Gasteiger partial charge on any atom is 0.306 e. The molecule has 1 aromatic carbocycles. The van der Waals surface area contributed by atoms with Gasteiger partial charge in [-0.1, -0.05) is 12.1 Å². The summed E-state index contributed by atoms with van der Waals surface area (Å²) >= 11 is 0. The molecule has 2 rings (SSSR count). The zero-order chi connectivity index (χ0) is 17.7. The zero-order valence-corrected chi connectivity index (χ0v) is 14.0. The van der Waals surface area contributed by atoms with Gasteiger partial charge in [-0.05, 0) is 50.3 Å². The number of carboxylic acid groups (broad SMARTS) is 1. The van der Waals surface area contributed by atoms with Crippen molar-refractivity contribution in [2.24, 2.45) is 11.8 Å². The molecule has 1 aliphatic carbocycles. The molecular weight excluding hydrogens is 308 g/mol. The van der Waals surface area contributed by atoms with Gasteiger partial charge in [0, 0.05) is 18.5 Å². The summed E-state index contributed by atoms with van der Waals surface area (Å²) in [6.07, 6.45) is 2.34. The molecule has 1 atom stereocenters. The first-order chi connectivity index (χ1) is 11.4. The highest BCUT2D eigenvalue weighted by atomic mass is 16.4. The van der Waals surface area contributed by atoms with Crippen molar-refractivity contribution in [3.63, 3.8) is 0 Å². The van der Waals surface area contributed by atoms with Crippen LogP contribution in [0.25, 0.3) is 0 Å². The van der Waals surface area contributed by atoms with Crippen LogP contribution in [0, 0.1) is 11.8 Å². The van der Waals surface area contributed by atoms with Gasteiger partial charge in [-0.2, -0.15) is 0 Å². The van der Waals surface area contributed by atoms with Crippen LogP contribution < -0.4 is 10.6 Å². The van der Waals surface area contributed by atoms with Gasteiger partial charge >= 0.3 is 5.97 Å². The Labute approximate surface area is 141 Å². The van der Waals surface area contributed by atoms with Crippen LogP contribution in [-0.2, 0) is 14.4 Å². The van der Waals surface area contributed by atoms with Gasteiger partial charge in [0.05, 0.1) is 12.0 Å². The van der Waals surface area contributed by atoms with Crippen molar-refractivity contribution in [2.75, 3.05) is 5.32 Å². The predicted molar refractivity (Wildman–Crippen MR) is 90.4 cm³/mol. The third kappa shape index (κ3) is 4.81. The largest absolute Gasteiger partial charge is 0.481 e. The SMILES string of the molecule is CC(=O)Nc1cccc([C@@H](C)NC(=O)C2CCC(C(=O)O)CC2)c1. The minimum atomic E-state index is -0.767. The average Bonchev–Trinajstić information content (AvgIpc) is 2.54. The lowest BCUT2D eigenvalue weighted by molar-refractivity contribution is -0.144. The van der Waals surface area contributed by atoms with E-state index in [1.807, 2.05) is 25.1 Å². The van der Waals surface area contributed by atoms with E-state index >= 15 is 0 Å². The van der Waals surface area contributed by atoms with E-state index in [1.54, 1.807) is 6.07 Å². The second-order valence-electron chi connectivity index (χ2n) is 6.42. The maximum atomic E-state index is 12.4. The van der Waals surface area contributed by atoms with Crippen molar-refractivity contribution in [1.29, 1.82) is 0 Å². The number of carbonyl (C=O) groups is 3. The fraction of sp³-hybridized carbons (Fsp3) is 0.500. The van der Waals surface area contributed by atoms with Crippen molar-refractivity contribution in [3.05, 3.63) is 29.8 Å². The molecule has 24 heavy (non-hydrogen) atoms. The van der Waals surface area contributed by atoms with Gasteiger partial charge in [-0.3, -0.25) is 14.4 Å². The van der Waals surface area contributed by atoms with Crippen LogP contribution >= 0.6 is 0 Å². The highest BCUT2D eigenvalue weighted by molar-refractivity contribution is 5.88. The first kappa shape index (κ1) is 18.0. The van der Waals surface area contributed by atoms with Crippen molar-refractivity contribution < 1.29 is 19.5 Å². The summed E-state index contributed by atoms with van der Waals surface area (Å²) in [6.45, 7) is 3.35. The Balaban J connectivity index is 1.92. The molecule has 0 heterocycles. The first-order valence-electron chi connectivity index (χ1n) is 8.27. The Hall–Kier alpha value is -2.37. The van der Waals surface area contributed by atoms with Gasteiger partial charge in [0.25, 0.3) is 0 Å². The molecule has 0 saturated heterocycles. The number of carboxylic acids is 1. The third-order valence-corrected chi connectivity index (χ3v) is 4.51. The van der Waals surface area contributed by atoms with Gasteiger partial charge in [-0.25, -0.2) is 0 Å². The number of aliphatic carboxylic acids is 1. The monoisotopic (exact) mass is 332 g/mol. The second-order valence-corrected chi connectivity index (χ2v) is 6.42. The number of hydrogen-bond acceptors (Lipinski definition) is 3. The lowest BCUT2D eigenvalue weighted by atomic mass is 9.81. The number of hydrogen-bond donors (Lipinski definition) is 3. The highest BCUT2D eigenvalue weighted by Gasteiger charge is 2.30. The number of rotatable bonds is 5. The molecule has 6 nitrogen and oxygen atoms in total. The number of amides is 2. The summed E-state index contributed by atoms with van der Waals surface area (Å²) < 4.78 is 0. The lowest BCUT2D eigenvalue weighted by Crippen LogP contribution is -2.35. The number of benzene rings is 1. The van der Waals surface area contributed by atoms with Crippen LogP contribution in [-0.4, -0.2) is 22.9 Å². The Morgan fingerprint density at radius 2 is 1.75 bits per heavy atom. The van der Waals surface area contributed by atoms with E-state index in [1.165, 1.54) is 6.92 Å². The summed E-state index contributed by atoms with van der Waals surface area (Å²) in [6, 6.07) is 7.20. The van der Waals surface area contributed by atoms with Crippen LogP contribution in [0.15, 0.2) is 24.3 Å². The molecule has 0 aromatic heterocycles. The smallest absolute Gasteiger partial charge is 0.306 e. The lowest BCUT2D eigenvalue weighted by Gasteiger charge is -2.26. The standard InChI is InChI=1S/C18H24N2O4/c1-11(15-4-3-5-16(10-15)20-12(2)21)19-17(22)13-6-8-14(9-7-13)18(23)24/h3-5,10-11,13-14H,6-9H2,1-2H3,(H,19,22)(H,20,21)(H,23,24)/t11-,13?,14?/m1/s1. The molecule has 2 amide bonds. The van der Waals surface area contributed by atoms with Crippen LogP contribution in [0.4, 0.5) is 5.69 Å². The molecule has 1 saturated carbocycles. The van der Waals surface area contributed by atoms with Crippen molar-refractivity contribution in [3.8, 4) is 0 Å². The van der Waals surface area contributed by atoms with E-state index in [0.717, 1.165) is 5.56 Å². The van der Waals surface area contributed by atoms with E-state index in [4.69, 9.17) is 5.11 Å². The predicted octanol–water partition coefficient (Wildman–Crippen LogP) is 2.71. The minimum Gasteiger partial charge on any atom is -0.481 e. The molecular formula is C18H24N2O4. The molecule has 1 aliphatic rings. The molecule has 0 radical (unpaired) electrons. The van der Waals surface area contributed by atoms with Crippen molar-refractivity contribution >= 4 is 23.5 Å². The highest BCUT2D eigenvalue weighted by Crippen LogP contribution is 2.29. The minimum absolute atomic E-state index is 0.0312. The molecule has 3 N–H and O–H groups in total.